The Bertz CT molecular complexity index is 524. The second kappa shape index (κ2) is 5.83. The van der Waals surface area contributed by atoms with Crippen molar-refractivity contribution in [2.75, 3.05) is 0 Å². The van der Waals surface area contributed by atoms with Gasteiger partial charge in [-0.3, -0.25) is 20.2 Å². The van der Waals surface area contributed by atoms with E-state index in [1.54, 1.807) is 0 Å². The Morgan fingerprint density at radius 3 is 2.33 bits per heavy atom. The predicted octanol–water partition coefficient (Wildman–Crippen LogP) is 0.408. The fourth-order valence-corrected chi connectivity index (χ4v) is 0.901. The van der Waals surface area contributed by atoms with Crippen LogP contribution in [-0.2, 0) is 0 Å². The minimum absolute atomic E-state index is 0.426. The number of benzene rings is 1. The van der Waals surface area contributed by atoms with Gasteiger partial charge in [-0.05, 0) is 6.07 Å². The summed E-state index contributed by atoms with van der Waals surface area (Å²) in [5.41, 5.74) is -1.10. The Hall–Kier alpha value is -3.11. The van der Waals surface area contributed by atoms with Crippen molar-refractivity contribution in [2.24, 2.45) is 0 Å². The summed E-state index contributed by atoms with van der Waals surface area (Å²) in [6.07, 6.45) is 1.33. The van der Waals surface area contributed by atoms with Gasteiger partial charge in [0.25, 0.3) is 5.69 Å². The monoisotopic (exact) mass is 254 g/mol. The van der Waals surface area contributed by atoms with E-state index in [2.05, 4.69) is 20.6 Å². The summed E-state index contributed by atoms with van der Waals surface area (Å²) in [6.45, 7) is 0. The van der Waals surface area contributed by atoms with Gasteiger partial charge in [-0.15, -0.1) is 10.2 Å². The van der Waals surface area contributed by atoms with Crippen molar-refractivity contribution in [2.45, 2.75) is 0 Å². The number of hydrogen-bond acceptors (Lipinski definition) is 8. The average Bonchev–Trinajstić information content (AvgIpc) is 2.87. The van der Waals surface area contributed by atoms with E-state index in [9.17, 15) is 20.2 Å². The van der Waals surface area contributed by atoms with Crippen LogP contribution in [0.4, 0.5) is 11.4 Å². The van der Waals surface area contributed by atoms with E-state index in [-0.39, 0.29) is 0 Å². The number of aromatic nitrogens is 4. The molecule has 0 spiro atoms. The number of tetrazole rings is 1. The maximum atomic E-state index is 10.2. The first-order valence-electron chi connectivity index (χ1n) is 4.30. The van der Waals surface area contributed by atoms with Crippen LogP contribution < -0.4 is 0 Å². The van der Waals surface area contributed by atoms with Gasteiger partial charge in [0.2, 0.25) is 0 Å². The fourth-order valence-electron chi connectivity index (χ4n) is 0.901. The third kappa shape index (κ3) is 3.48. The molecule has 1 aromatic carbocycles. The molecule has 0 aliphatic heterocycles. The first-order chi connectivity index (χ1) is 8.52. The quantitative estimate of drug-likeness (QED) is 0.574. The second-order valence-electron chi connectivity index (χ2n) is 2.75. The van der Waals surface area contributed by atoms with Crippen molar-refractivity contribution < 1.29 is 15.0 Å². The Morgan fingerprint density at radius 1 is 1.22 bits per heavy atom. The van der Waals surface area contributed by atoms with Crippen LogP contribution in [0.3, 0.4) is 0 Å². The molecule has 0 aliphatic rings. The summed E-state index contributed by atoms with van der Waals surface area (Å²) in [6, 6.07) is 2.61. The lowest BCUT2D eigenvalue weighted by molar-refractivity contribution is -0.394. The van der Waals surface area contributed by atoms with Crippen LogP contribution in [0.5, 0.6) is 5.75 Å². The highest BCUT2D eigenvalue weighted by Gasteiger charge is 2.18. The van der Waals surface area contributed by atoms with Gasteiger partial charge in [0, 0.05) is 6.07 Å². The number of rotatable bonds is 2. The van der Waals surface area contributed by atoms with Crippen LogP contribution in [0.2, 0.25) is 0 Å². The lowest BCUT2D eigenvalue weighted by Crippen LogP contribution is -1.92. The Morgan fingerprint density at radius 2 is 1.94 bits per heavy atom. The van der Waals surface area contributed by atoms with Gasteiger partial charge in [0.1, 0.15) is 0 Å². The molecule has 2 aromatic rings. The molecule has 0 saturated carbocycles. The number of phenolic OH excluding ortho intramolecular Hbond substituents is 1. The van der Waals surface area contributed by atoms with Crippen LogP contribution in [-0.4, -0.2) is 35.6 Å². The normalized spacial score (nSPS) is 9.11. The van der Waals surface area contributed by atoms with Gasteiger partial charge >= 0.3 is 5.69 Å². The van der Waals surface area contributed by atoms with E-state index in [0.29, 0.717) is 6.07 Å². The summed E-state index contributed by atoms with van der Waals surface area (Å²) >= 11 is 0. The standard InChI is InChI=1S/C6H4N2O5.CH2N4/c9-6-2-1-4(7(10)11)3-5(6)8(12)13;1-2-4-5-3-1/h1-3,9H;1H,(H,2,3,4,5). The molecule has 11 nitrogen and oxygen atoms in total. The number of H-pyrrole nitrogens is 1. The van der Waals surface area contributed by atoms with E-state index < -0.39 is 27.0 Å². The highest BCUT2D eigenvalue weighted by molar-refractivity contribution is 5.52. The number of non-ortho nitro benzene ring substituents is 1. The Balaban J connectivity index is 0.000000269. The smallest absolute Gasteiger partial charge is 0.317 e. The maximum Gasteiger partial charge on any atom is 0.317 e. The van der Waals surface area contributed by atoms with Crippen LogP contribution in [0.15, 0.2) is 24.5 Å². The minimum Gasteiger partial charge on any atom is -0.502 e. The van der Waals surface area contributed by atoms with Crippen molar-refractivity contribution in [3.63, 3.8) is 0 Å². The molecule has 0 bridgehead atoms. The topological polar surface area (TPSA) is 161 Å². The molecule has 1 heterocycles. The summed E-state index contributed by atoms with van der Waals surface area (Å²) in [5, 5.41) is 41.5. The molecule has 94 valence electrons. The molecule has 0 unspecified atom stereocenters. The third-order valence-corrected chi connectivity index (χ3v) is 1.64. The zero-order valence-electron chi connectivity index (χ0n) is 8.63. The number of hydrogen-bond donors (Lipinski definition) is 2. The number of aromatic hydroxyl groups is 1. The van der Waals surface area contributed by atoms with Crippen molar-refractivity contribution >= 4 is 11.4 Å². The molecule has 0 aliphatic carbocycles. The molecule has 0 fully saturated rings. The first-order valence-corrected chi connectivity index (χ1v) is 4.30. The van der Waals surface area contributed by atoms with E-state index in [0.717, 1.165) is 12.1 Å². The molecule has 0 atom stereocenters. The highest BCUT2D eigenvalue weighted by atomic mass is 16.6. The molecule has 2 rings (SSSR count). The zero-order chi connectivity index (χ0) is 13.5. The Labute approximate surface area is 98.4 Å². The van der Waals surface area contributed by atoms with E-state index in [4.69, 9.17) is 5.11 Å². The maximum absolute atomic E-state index is 10.2. The summed E-state index contributed by atoms with van der Waals surface area (Å²) in [4.78, 5) is 18.7. The average molecular weight is 254 g/mol. The van der Waals surface area contributed by atoms with Crippen molar-refractivity contribution in [3.8, 4) is 5.75 Å². The minimum atomic E-state index is -0.887. The van der Waals surface area contributed by atoms with Crippen LogP contribution in [0.25, 0.3) is 0 Å². The lowest BCUT2D eigenvalue weighted by Gasteiger charge is -1.94. The highest BCUT2D eigenvalue weighted by Crippen LogP contribution is 2.29. The number of nitrogens with one attached hydrogen (secondary N) is 1. The van der Waals surface area contributed by atoms with Crippen molar-refractivity contribution in [3.05, 3.63) is 44.8 Å². The molecule has 0 amide bonds. The van der Waals surface area contributed by atoms with E-state index in [1.807, 2.05) is 0 Å². The predicted molar refractivity (Wildman–Crippen MR) is 55.6 cm³/mol. The molecule has 11 heteroatoms. The number of phenols is 1. The van der Waals surface area contributed by atoms with Gasteiger partial charge < -0.3 is 5.11 Å². The third-order valence-electron chi connectivity index (χ3n) is 1.64. The molecule has 0 radical (unpaired) electrons. The summed E-state index contributed by atoms with van der Waals surface area (Å²) in [7, 11) is 0. The molecule has 2 N–H and O–H groups in total. The second-order valence-corrected chi connectivity index (χ2v) is 2.75. The van der Waals surface area contributed by atoms with E-state index >= 15 is 0 Å². The van der Waals surface area contributed by atoms with Gasteiger partial charge in [0.15, 0.2) is 12.1 Å². The van der Waals surface area contributed by atoms with E-state index in [1.165, 1.54) is 6.33 Å². The number of aromatic amines is 1. The van der Waals surface area contributed by atoms with Crippen LogP contribution in [0, 0.1) is 20.2 Å². The fraction of sp³-hybridized carbons (Fsp3) is 0. The number of nitro benzene ring substituents is 2. The van der Waals surface area contributed by atoms with Gasteiger partial charge in [-0.25, -0.2) is 0 Å². The van der Waals surface area contributed by atoms with Gasteiger partial charge in [-0.1, -0.05) is 5.21 Å². The molecular weight excluding hydrogens is 248 g/mol. The Kier molecular flexibility index (Phi) is 4.20. The molecular formula is C7H6N6O5. The SMILES string of the molecule is O=[N+]([O-])c1ccc(O)c([N+](=O)[O-])c1.c1nn[nH]n1. The molecule has 1 aromatic heterocycles. The van der Waals surface area contributed by atoms with Crippen molar-refractivity contribution in [1.82, 2.24) is 20.6 Å². The lowest BCUT2D eigenvalue weighted by atomic mass is 10.2. The summed E-state index contributed by atoms with van der Waals surface area (Å²) < 4.78 is 0. The largest absolute Gasteiger partial charge is 0.502 e. The summed E-state index contributed by atoms with van der Waals surface area (Å²) in [5.74, 6) is -0.587. The zero-order valence-corrected chi connectivity index (χ0v) is 8.63. The van der Waals surface area contributed by atoms with Gasteiger partial charge in [-0.2, -0.15) is 5.21 Å². The first kappa shape index (κ1) is 13.0. The molecule has 0 saturated heterocycles. The number of nitrogens with zero attached hydrogens (tertiary/aromatic N) is 5. The van der Waals surface area contributed by atoms with Crippen LogP contribution >= 0.6 is 0 Å². The van der Waals surface area contributed by atoms with Crippen molar-refractivity contribution in [1.29, 1.82) is 0 Å². The molecule has 18 heavy (non-hydrogen) atoms. The van der Waals surface area contributed by atoms with Crippen LogP contribution in [0.1, 0.15) is 0 Å². The van der Waals surface area contributed by atoms with Gasteiger partial charge in [0.05, 0.1) is 15.9 Å². The number of nitro groups is 2.